The van der Waals surface area contributed by atoms with Crippen molar-refractivity contribution in [3.8, 4) is 5.75 Å². The number of phenols is 1. The zero-order valence-electron chi connectivity index (χ0n) is 21.0. The number of piperidine rings is 1. The fourth-order valence-electron chi connectivity index (χ4n) is 4.69. The van der Waals surface area contributed by atoms with Crippen LogP contribution in [0.3, 0.4) is 0 Å². The van der Waals surface area contributed by atoms with Crippen LogP contribution in [0, 0.1) is 0 Å². The summed E-state index contributed by atoms with van der Waals surface area (Å²) in [4.78, 5) is 18.9. The maximum Gasteiger partial charge on any atom is 0.409 e. The molecule has 4 N–H and O–H groups in total. The second-order valence-electron chi connectivity index (χ2n) is 8.38. The number of rotatable bonds is 5. The first-order valence-corrected chi connectivity index (χ1v) is 13.4. The number of fused-ring (bicyclic) bond motifs is 2. The van der Waals surface area contributed by atoms with Gasteiger partial charge in [-0.05, 0) is 84.8 Å². The molecule has 2 aromatic rings. The molecule has 1 saturated heterocycles. The molecule has 1 aliphatic carbocycles. The van der Waals surface area contributed by atoms with Gasteiger partial charge in [-0.1, -0.05) is 25.5 Å². The van der Waals surface area contributed by atoms with Gasteiger partial charge in [-0.25, -0.2) is 4.79 Å². The van der Waals surface area contributed by atoms with Crippen LogP contribution in [-0.2, 0) is 17.6 Å². The number of anilines is 1. The molecule has 2 heterocycles. The Kier molecular flexibility index (Phi) is 9.98. The Hall–Kier alpha value is -2.58. The van der Waals surface area contributed by atoms with E-state index in [0.717, 1.165) is 71.2 Å². The van der Waals surface area contributed by atoms with E-state index in [1.54, 1.807) is 11.0 Å². The number of aromatic nitrogens is 1. The van der Waals surface area contributed by atoms with E-state index in [9.17, 15) is 9.90 Å². The molecule has 1 amide bonds. The second kappa shape index (κ2) is 12.9. The van der Waals surface area contributed by atoms with Crippen LogP contribution >= 0.6 is 15.9 Å². The van der Waals surface area contributed by atoms with Gasteiger partial charge in [0, 0.05) is 37.0 Å². The number of pyridine rings is 1. The van der Waals surface area contributed by atoms with E-state index in [2.05, 4.69) is 21.2 Å². The summed E-state index contributed by atoms with van der Waals surface area (Å²) in [6.07, 6.45) is 5.66. The summed E-state index contributed by atoms with van der Waals surface area (Å²) in [5.41, 5.74) is 13.6. The van der Waals surface area contributed by atoms with Crippen LogP contribution in [0.5, 0.6) is 5.75 Å². The first-order valence-electron chi connectivity index (χ1n) is 12.6. The molecule has 2 aliphatic rings. The molecule has 8 heteroatoms. The number of likely N-dealkylation sites (tertiary alicyclic amines) is 1. The van der Waals surface area contributed by atoms with Crippen molar-refractivity contribution in [1.82, 2.24) is 9.88 Å². The Labute approximate surface area is 216 Å². The summed E-state index contributed by atoms with van der Waals surface area (Å²) >= 11 is 3.68. The molecule has 0 radical (unpaired) electrons. The predicted molar refractivity (Wildman–Crippen MR) is 145 cm³/mol. The number of carbonyl (C=O) groups excluding carboxylic acids is 1. The van der Waals surface area contributed by atoms with Gasteiger partial charge in [0.25, 0.3) is 0 Å². The molecule has 1 fully saturated rings. The minimum atomic E-state index is -0.249. The number of phenolic OH excluding ortho intramolecular Hbond substituents is 1. The molecule has 1 aliphatic heterocycles. The minimum absolute atomic E-state index is 0.249. The fourth-order valence-corrected chi connectivity index (χ4v) is 5.17. The number of hydrogen-bond donors (Lipinski definition) is 3. The summed E-state index contributed by atoms with van der Waals surface area (Å²) < 4.78 is 6.13. The Balaban J connectivity index is 0.00000167. The third kappa shape index (κ3) is 6.16. The highest BCUT2D eigenvalue weighted by Gasteiger charge is 2.28. The highest BCUT2D eigenvalue weighted by atomic mass is 79.9. The Bertz CT molecular complexity index is 1060. The molecule has 190 valence electrons. The minimum Gasteiger partial charge on any atom is -0.508 e. The summed E-state index contributed by atoms with van der Waals surface area (Å²) in [5.74, 6) is 0.275. The number of nitrogens with one attached hydrogen (secondary N) is 1. The van der Waals surface area contributed by atoms with Gasteiger partial charge in [-0.3, -0.25) is 4.98 Å². The zero-order valence-corrected chi connectivity index (χ0v) is 22.6. The van der Waals surface area contributed by atoms with Crippen molar-refractivity contribution < 1.29 is 14.6 Å². The molecule has 0 bridgehead atoms. The lowest BCUT2D eigenvalue weighted by Crippen LogP contribution is -2.37. The molecule has 0 spiro atoms. The summed E-state index contributed by atoms with van der Waals surface area (Å²) in [7, 11) is 0. The van der Waals surface area contributed by atoms with Crippen molar-refractivity contribution in [2.45, 2.75) is 52.9 Å². The number of aryl methyl sites for hydroxylation is 1. The van der Waals surface area contributed by atoms with Gasteiger partial charge in [0.15, 0.2) is 0 Å². The third-order valence-electron chi connectivity index (χ3n) is 6.30. The number of nitrogens with zero attached hydrogens (tertiary/aromatic N) is 2. The lowest BCUT2D eigenvalue weighted by molar-refractivity contribution is 0.104. The van der Waals surface area contributed by atoms with E-state index in [1.165, 1.54) is 11.1 Å². The van der Waals surface area contributed by atoms with E-state index in [0.29, 0.717) is 26.2 Å². The number of halogens is 1. The van der Waals surface area contributed by atoms with Gasteiger partial charge in [-0.2, -0.15) is 0 Å². The number of hydrogen-bond acceptors (Lipinski definition) is 6. The normalized spacial score (nSPS) is 14.8. The smallest absolute Gasteiger partial charge is 0.409 e. The molecular formula is C27H37BrN4O3. The first-order chi connectivity index (χ1) is 17.0. The summed E-state index contributed by atoms with van der Waals surface area (Å²) in [5, 5.41) is 13.7. The van der Waals surface area contributed by atoms with Gasteiger partial charge < -0.3 is 25.8 Å². The molecule has 0 atom stereocenters. The van der Waals surface area contributed by atoms with Crippen LogP contribution in [0.4, 0.5) is 10.5 Å². The number of carbonyl (C=O) groups is 1. The highest BCUT2D eigenvalue weighted by Crippen LogP contribution is 2.42. The number of amides is 1. The van der Waals surface area contributed by atoms with Gasteiger partial charge in [-0.15, -0.1) is 0 Å². The van der Waals surface area contributed by atoms with Crippen LogP contribution in [0.1, 0.15) is 62.4 Å². The van der Waals surface area contributed by atoms with Crippen LogP contribution in [0.2, 0.25) is 0 Å². The maximum atomic E-state index is 12.2. The quantitative estimate of drug-likeness (QED) is 0.430. The fraction of sp³-hybridized carbons (Fsp3) is 0.481. The van der Waals surface area contributed by atoms with Crippen LogP contribution in [0.15, 0.2) is 34.4 Å². The van der Waals surface area contributed by atoms with Crippen LogP contribution in [-0.4, -0.2) is 53.9 Å². The summed E-state index contributed by atoms with van der Waals surface area (Å²) in [6.45, 7) is 8.88. The maximum absolute atomic E-state index is 12.2. The largest absolute Gasteiger partial charge is 0.508 e. The third-order valence-corrected chi connectivity index (χ3v) is 6.90. The zero-order chi connectivity index (χ0) is 25.4. The van der Waals surface area contributed by atoms with Crippen LogP contribution in [0.25, 0.3) is 5.57 Å². The molecule has 35 heavy (non-hydrogen) atoms. The monoisotopic (exact) mass is 544 g/mol. The second-order valence-corrected chi connectivity index (χ2v) is 9.24. The Morgan fingerprint density at radius 2 is 1.97 bits per heavy atom. The van der Waals surface area contributed by atoms with Crippen molar-refractivity contribution in [3.05, 3.63) is 56.8 Å². The Morgan fingerprint density at radius 1 is 1.23 bits per heavy atom. The van der Waals surface area contributed by atoms with Gasteiger partial charge in [0.2, 0.25) is 0 Å². The number of aromatic hydroxyl groups is 1. The average molecular weight is 546 g/mol. The summed E-state index contributed by atoms with van der Waals surface area (Å²) in [6, 6.07) is 5.62. The van der Waals surface area contributed by atoms with E-state index in [1.807, 2.05) is 39.1 Å². The molecule has 1 aromatic heterocycles. The van der Waals surface area contributed by atoms with Crippen molar-refractivity contribution in [1.29, 1.82) is 0 Å². The number of ether oxygens (including phenoxy) is 1. The first kappa shape index (κ1) is 27.0. The molecule has 7 nitrogen and oxygen atoms in total. The van der Waals surface area contributed by atoms with E-state index < -0.39 is 0 Å². The molecular weight excluding hydrogens is 508 g/mol. The topological polar surface area (TPSA) is 101 Å². The van der Waals surface area contributed by atoms with Gasteiger partial charge in [0.05, 0.1) is 22.5 Å². The number of benzene rings is 1. The van der Waals surface area contributed by atoms with Crippen LogP contribution < -0.4 is 11.1 Å². The van der Waals surface area contributed by atoms with Gasteiger partial charge in [0.1, 0.15) is 5.75 Å². The highest BCUT2D eigenvalue weighted by molar-refractivity contribution is 9.10. The van der Waals surface area contributed by atoms with E-state index in [4.69, 9.17) is 15.5 Å². The molecule has 0 saturated carbocycles. The average Bonchev–Trinajstić information content (AvgIpc) is 3.03. The lowest BCUT2D eigenvalue weighted by atomic mass is 9.88. The van der Waals surface area contributed by atoms with Crippen molar-refractivity contribution in [2.24, 2.45) is 5.73 Å². The van der Waals surface area contributed by atoms with E-state index >= 15 is 0 Å². The van der Waals surface area contributed by atoms with Crippen molar-refractivity contribution in [2.75, 3.05) is 38.1 Å². The SMILES string of the molecule is CC.CCOC(=O)N1CCC(=C2c3ccc(O)cc3CCc3c2ncc(Br)c3NCCCN)CC1. The predicted octanol–water partition coefficient (Wildman–Crippen LogP) is 5.49. The van der Waals surface area contributed by atoms with Gasteiger partial charge >= 0.3 is 6.09 Å². The molecule has 1 aromatic carbocycles. The Morgan fingerprint density at radius 3 is 2.66 bits per heavy atom. The standard InChI is InChI=1S/C25H31BrN4O3.C2H6/c1-2-33-25(32)30-12-8-16(9-13-30)22-19-7-5-18(31)14-17(19)4-6-20-23(28-11-3-10-27)21(26)15-29-24(20)22;1-2/h5,7,14-15,31H,2-4,6,8-13,27H2,1H3,(H,28,29);1-2H3. The molecule has 4 rings (SSSR count). The lowest BCUT2D eigenvalue weighted by Gasteiger charge is -2.29. The number of nitrogens with two attached hydrogens (primary N) is 1. The van der Waals surface area contributed by atoms with Crippen molar-refractivity contribution in [3.63, 3.8) is 0 Å². The van der Waals surface area contributed by atoms with E-state index in [-0.39, 0.29) is 11.8 Å². The molecule has 0 unspecified atom stereocenters. The van der Waals surface area contributed by atoms with Crippen molar-refractivity contribution >= 4 is 33.3 Å².